The number of fused-ring (bicyclic) bond motifs is 6. The Kier molecular flexibility index (Phi) is 12.1. The summed E-state index contributed by atoms with van der Waals surface area (Å²) in [5.41, 5.74) is 26.4. The fourth-order valence-electron chi connectivity index (χ4n) is 12.0. The summed E-state index contributed by atoms with van der Waals surface area (Å²) in [5.74, 6) is 0. The quantitative estimate of drug-likeness (QED) is 0.129. The van der Waals surface area contributed by atoms with Gasteiger partial charge in [-0.3, -0.25) is 0 Å². The maximum Gasteiger partial charge on any atom is 0.135 e. The molecule has 0 aliphatic heterocycles. The normalized spacial score (nSPS) is 11.5. The number of furan rings is 2. The van der Waals surface area contributed by atoms with Crippen molar-refractivity contribution in [2.24, 2.45) is 0 Å². The van der Waals surface area contributed by atoms with E-state index in [1.807, 2.05) is 24.3 Å². The number of anilines is 6. The molecule has 0 N–H and O–H groups in total. The van der Waals surface area contributed by atoms with Crippen molar-refractivity contribution in [3.8, 4) is 55.6 Å². The highest BCUT2D eigenvalue weighted by atomic mass is 16.3. The van der Waals surface area contributed by atoms with E-state index in [1.165, 1.54) is 33.4 Å². The molecule has 0 spiro atoms. The lowest BCUT2D eigenvalue weighted by atomic mass is 9.94. The van der Waals surface area contributed by atoms with E-state index >= 15 is 0 Å². The first-order valence-electron chi connectivity index (χ1n) is 27.5. The highest BCUT2D eigenvalue weighted by Gasteiger charge is 2.25. The third-order valence-electron chi connectivity index (χ3n) is 16.0. The summed E-state index contributed by atoms with van der Waals surface area (Å²) in [6.45, 7) is 8.95. The average Bonchev–Trinajstić information content (AvgIpc) is 4.17. The molecule has 0 fully saturated rings. The van der Waals surface area contributed by atoms with Gasteiger partial charge in [0.2, 0.25) is 0 Å². The number of para-hydroxylation sites is 4. The van der Waals surface area contributed by atoms with Crippen LogP contribution in [0.5, 0.6) is 0 Å². The number of hydrogen-bond donors (Lipinski definition) is 0. The van der Waals surface area contributed by atoms with Gasteiger partial charge in [0.25, 0.3) is 0 Å². The highest BCUT2D eigenvalue weighted by Crippen LogP contribution is 2.49. The number of nitrogens with zero attached hydrogens (tertiary/aromatic N) is 2. The van der Waals surface area contributed by atoms with Gasteiger partial charge in [0.1, 0.15) is 22.3 Å². The Labute approximate surface area is 466 Å². The van der Waals surface area contributed by atoms with E-state index < -0.39 is 0 Å². The Bertz CT molecular complexity index is 4330. The minimum Gasteiger partial charge on any atom is -0.456 e. The number of hydrogen-bond acceptors (Lipinski definition) is 4. The molecular formula is C76H56N2O2. The lowest BCUT2D eigenvalue weighted by molar-refractivity contribution is 0.668. The smallest absolute Gasteiger partial charge is 0.135 e. The summed E-state index contributed by atoms with van der Waals surface area (Å²) >= 11 is 0. The zero-order chi connectivity index (χ0) is 53.8. The Morgan fingerprint density at radius 3 is 1.00 bits per heavy atom. The van der Waals surface area contributed by atoms with Gasteiger partial charge in [-0.25, -0.2) is 0 Å². The Hall–Kier alpha value is -10.2. The largest absolute Gasteiger partial charge is 0.456 e. The molecule has 0 radical (unpaired) electrons. The van der Waals surface area contributed by atoms with Crippen molar-refractivity contribution in [3.05, 3.63) is 289 Å². The highest BCUT2D eigenvalue weighted by molar-refractivity contribution is 6.08. The molecule has 0 amide bonds. The first kappa shape index (κ1) is 48.2. The second-order valence-electron chi connectivity index (χ2n) is 21.1. The Morgan fingerprint density at radius 2 is 0.588 bits per heavy atom. The van der Waals surface area contributed by atoms with Crippen molar-refractivity contribution in [2.75, 3.05) is 9.80 Å². The van der Waals surface area contributed by atoms with E-state index in [4.69, 9.17) is 8.83 Å². The molecule has 0 saturated carbocycles. The van der Waals surface area contributed by atoms with Crippen LogP contribution in [0.15, 0.2) is 276 Å². The predicted octanol–water partition coefficient (Wildman–Crippen LogP) is 22.0. The molecule has 0 aliphatic rings. The van der Waals surface area contributed by atoms with Crippen LogP contribution in [0.4, 0.5) is 34.1 Å². The van der Waals surface area contributed by atoms with Crippen LogP contribution >= 0.6 is 0 Å². The third kappa shape index (κ3) is 8.59. The van der Waals surface area contributed by atoms with Gasteiger partial charge in [0, 0.05) is 55.4 Å². The molecule has 382 valence electrons. The van der Waals surface area contributed by atoms with E-state index in [9.17, 15) is 0 Å². The van der Waals surface area contributed by atoms with Crippen molar-refractivity contribution in [1.29, 1.82) is 0 Å². The van der Waals surface area contributed by atoms with Crippen LogP contribution in [0.1, 0.15) is 22.3 Å². The second kappa shape index (κ2) is 20.0. The topological polar surface area (TPSA) is 32.8 Å². The van der Waals surface area contributed by atoms with Gasteiger partial charge in [-0.05, 0) is 179 Å². The summed E-state index contributed by atoms with van der Waals surface area (Å²) in [7, 11) is 0. The molecule has 12 aromatic carbocycles. The van der Waals surface area contributed by atoms with E-state index in [0.717, 1.165) is 123 Å². The molecule has 4 heteroatoms. The monoisotopic (exact) mass is 1030 g/mol. The molecule has 4 nitrogen and oxygen atoms in total. The van der Waals surface area contributed by atoms with Crippen LogP contribution in [0, 0.1) is 27.7 Å². The fourth-order valence-corrected chi connectivity index (χ4v) is 12.0. The summed E-state index contributed by atoms with van der Waals surface area (Å²) in [6.07, 6.45) is 0. The number of aryl methyl sites for hydroxylation is 4. The van der Waals surface area contributed by atoms with E-state index in [-0.39, 0.29) is 0 Å². The van der Waals surface area contributed by atoms with Gasteiger partial charge >= 0.3 is 0 Å². The van der Waals surface area contributed by atoms with Crippen LogP contribution in [0.25, 0.3) is 99.5 Å². The molecule has 0 saturated heterocycles. The van der Waals surface area contributed by atoms with Gasteiger partial charge in [-0.1, -0.05) is 182 Å². The Balaban J connectivity index is 0.880. The van der Waals surface area contributed by atoms with E-state index in [2.05, 4.69) is 280 Å². The second-order valence-corrected chi connectivity index (χ2v) is 21.1. The van der Waals surface area contributed by atoms with Crippen molar-refractivity contribution >= 4 is 78.0 Å². The van der Waals surface area contributed by atoms with Crippen molar-refractivity contribution in [1.82, 2.24) is 0 Å². The standard InChI is InChI=1S/C76H56N2O2/c1-49-17-15-25-63(59-35-43-73-67(47-59)65-23-11-13-27-71(65)79-73)75(49)77(61-37-29-55(30-38-61)53-19-7-5-8-20-53)69-41-33-57(45-51(69)3)58-34-42-70(52(4)46-58)78(62-39-31-56(32-40-62)54-21-9-6-10-22-54)76-50(2)18-16-26-64(76)60-36-44-74-68(48-60)66-24-12-14-28-72(66)80-74/h5-48H,1-4H3. The molecule has 0 bridgehead atoms. The van der Waals surface area contributed by atoms with Crippen LogP contribution in [-0.2, 0) is 0 Å². The Morgan fingerprint density at radius 1 is 0.237 bits per heavy atom. The molecule has 0 aliphatic carbocycles. The molecule has 14 aromatic rings. The van der Waals surface area contributed by atoms with Crippen LogP contribution in [0.3, 0.4) is 0 Å². The SMILES string of the molecule is Cc1cc(-c2ccc(N(c3ccc(-c4ccccc4)cc3)c3c(C)cccc3-c3ccc4oc5ccccc5c4c3)c(C)c2)ccc1N(c1ccc(-c2ccccc2)cc1)c1c(C)cccc1-c1ccc2oc3ccccc3c2c1. The summed E-state index contributed by atoms with van der Waals surface area (Å²) in [6, 6.07) is 96.3. The summed E-state index contributed by atoms with van der Waals surface area (Å²) < 4.78 is 12.6. The first-order chi connectivity index (χ1) is 39.3. The number of benzene rings is 12. The van der Waals surface area contributed by atoms with E-state index in [1.54, 1.807) is 0 Å². The zero-order valence-electron chi connectivity index (χ0n) is 45.1. The molecular weight excluding hydrogens is 973 g/mol. The molecule has 2 heterocycles. The van der Waals surface area contributed by atoms with Crippen LogP contribution in [0.2, 0.25) is 0 Å². The lowest BCUT2D eigenvalue weighted by Crippen LogP contribution is -2.14. The van der Waals surface area contributed by atoms with E-state index in [0.29, 0.717) is 0 Å². The zero-order valence-corrected chi connectivity index (χ0v) is 45.1. The molecule has 14 rings (SSSR count). The average molecular weight is 1030 g/mol. The van der Waals surface area contributed by atoms with Crippen molar-refractivity contribution < 1.29 is 8.83 Å². The first-order valence-corrected chi connectivity index (χ1v) is 27.5. The minimum atomic E-state index is 0.884. The maximum absolute atomic E-state index is 6.31. The molecule has 0 atom stereocenters. The fraction of sp³-hybridized carbons (Fsp3) is 0.0526. The van der Waals surface area contributed by atoms with Gasteiger partial charge in [0.15, 0.2) is 0 Å². The minimum absolute atomic E-state index is 0.884. The van der Waals surface area contributed by atoms with Gasteiger partial charge in [0.05, 0.1) is 11.4 Å². The molecule has 0 unspecified atom stereocenters. The van der Waals surface area contributed by atoms with Gasteiger partial charge in [-0.15, -0.1) is 0 Å². The van der Waals surface area contributed by atoms with Gasteiger partial charge < -0.3 is 18.6 Å². The summed E-state index contributed by atoms with van der Waals surface area (Å²) in [4.78, 5) is 4.91. The predicted molar refractivity (Wildman–Crippen MR) is 336 cm³/mol. The maximum atomic E-state index is 6.31. The van der Waals surface area contributed by atoms with Crippen molar-refractivity contribution in [2.45, 2.75) is 27.7 Å². The number of rotatable bonds is 11. The van der Waals surface area contributed by atoms with Gasteiger partial charge in [-0.2, -0.15) is 0 Å². The summed E-state index contributed by atoms with van der Waals surface area (Å²) in [5, 5.41) is 4.44. The lowest BCUT2D eigenvalue weighted by Gasteiger charge is -2.31. The molecule has 2 aromatic heterocycles. The third-order valence-corrected chi connectivity index (χ3v) is 16.0. The van der Waals surface area contributed by atoms with Crippen molar-refractivity contribution in [3.63, 3.8) is 0 Å². The van der Waals surface area contributed by atoms with Crippen LogP contribution in [-0.4, -0.2) is 0 Å². The van der Waals surface area contributed by atoms with Crippen LogP contribution < -0.4 is 9.80 Å². The molecule has 80 heavy (non-hydrogen) atoms.